The number of aliphatic carboxylic acids is 6. The van der Waals surface area contributed by atoms with Gasteiger partial charge in [-0.25, -0.2) is 0 Å². The summed E-state index contributed by atoms with van der Waals surface area (Å²) < 4.78 is 0. The van der Waals surface area contributed by atoms with Gasteiger partial charge in [0.05, 0.1) is 11.9 Å². The molecule has 27 heteroatoms. The zero-order valence-electron chi connectivity index (χ0n) is 30.3. The third-order valence-corrected chi connectivity index (χ3v) is 8.51. The van der Waals surface area contributed by atoms with Crippen LogP contribution < -0.4 is 93.2 Å². The molecule has 2 aliphatic carbocycles. The third-order valence-electron chi connectivity index (χ3n) is 8.51. The number of nitrogens with one attached hydrogen (secondary N) is 6. The Morgan fingerprint density at radius 1 is 0.316 bits per heavy atom. The molecular weight excluding hydrogens is 1270 g/mol. The molecule has 2 rings (SSSR count). The number of hydrogen-bond donors (Lipinski definition) is 6. The van der Waals surface area contributed by atoms with Crippen molar-refractivity contribution >= 4 is 35.8 Å². The van der Waals surface area contributed by atoms with Crippen molar-refractivity contribution in [1.82, 2.24) is 31.9 Å². The quantitative estimate of drug-likeness (QED) is 0.0386. The molecule has 0 aromatic carbocycles. The summed E-state index contributed by atoms with van der Waals surface area (Å²) in [5.74, 6) is -8.47. The maximum atomic E-state index is 12.5. The van der Waals surface area contributed by atoms with E-state index in [1.165, 1.54) is 0 Å². The second-order valence-corrected chi connectivity index (χ2v) is 12.5. The SMILES string of the molecule is O=C([O-])CCCN[C@@H]1[C@H]([O-])[C@H](NCCC(=O)[O-])[C@H]([O-])[C@H](NCC(=O)[O-])[C@@H]1[O-].O=C([O-])CCCN[C@@H]1[C@H]([O-])[C@H](NCCC(=O)[O-])[C@H]([O-])[C@H](NCC(=O)[O-])[C@@H]1[O-].[Hf+4].[Hf+4].[Hf+4]. The third kappa shape index (κ3) is 22.4. The average molecular weight is 1310 g/mol. The van der Waals surface area contributed by atoms with Crippen molar-refractivity contribution in [3.63, 3.8) is 0 Å². The molecule has 0 bridgehead atoms. The summed E-state index contributed by atoms with van der Waals surface area (Å²) in [6.45, 7) is -2.02. The monoisotopic (exact) mass is 1310 g/mol. The molecule has 24 nitrogen and oxygen atoms in total. The van der Waals surface area contributed by atoms with Gasteiger partial charge in [0.15, 0.2) is 0 Å². The number of carboxylic acids is 6. The van der Waals surface area contributed by atoms with Crippen LogP contribution in [0.15, 0.2) is 0 Å². The van der Waals surface area contributed by atoms with Gasteiger partial charge in [0.2, 0.25) is 0 Å². The van der Waals surface area contributed by atoms with E-state index in [2.05, 4.69) is 31.9 Å². The molecular formula is C30H42Hf3N6O18. The first-order valence-electron chi connectivity index (χ1n) is 16.8. The molecule has 0 aromatic heterocycles. The first-order chi connectivity index (χ1) is 25.3. The Hall–Kier alpha value is -1.05. The van der Waals surface area contributed by atoms with Crippen LogP contribution in [0.25, 0.3) is 0 Å². The summed E-state index contributed by atoms with van der Waals surface area (Å²) in [7, 11) is 0. The molecule has 0 unspecified atom stereocenters. The van der Waals surface area contributed by atoms with Gasteiger partial charge in [-0.2, -0.15) is 0 Å². The summed E-state index contributed by atoms with van der Waals surface area (Å²) >= 11 is 0. The Kier molecular flexibility index (Phi) is 33.6. The first-order valence-corrected chi connectivity index (χ1v) is 16.8. The Bertz CT molecular complexity index is 1140. The van der Waals surface area contributed by atoms with Crippen LogP contribution >= 0.6 is 0 Å². The fourth-order valence-electron chi connectivity index (χ4n) is 5.94. The van der Waals surface area contributed by atoms with Crippen LogP contribution in [0.2, 0.25) is 0 Å². The minimum absolute atomic E-state index is 0. The molecule has 2 fully saturated rings. The van der Waals surface area contributed by atoms with Crippen molar-refractivity contribution < 1.29 is 168 Å². The zero-order chi connectivity index (χ0) is 41.1. The zero-order valence-corrected chi connectivity index (χ0v) is 41.0. The van der Waals surface area contributed by atoms with Gasteiger partial charge in [0.25, 0.3) is 0 Å². The standard InChI is InChI=1S/2C15H24N3O9.3Hf/c2*19-7(20)2-1-4-16-10-13(25)11(17-5-3-8(21)22)15(27)12(14(10)26)18-6-9(23)24;;;/h2*10-18H,1-6H2,(H,19,20)(H,21,22)(H,23,24);;;/q2*-3;3*+4/p-6/t2*10-,11+,12-,13+,14-,15+;;;/m11.../s1. The Balaban J connectivity index is -0.000000972. The Morgan fingerprint density at radius 2 is 0.526 bits per heavy atom. The van der Waals surface area contributed by atoms with Gasteiger partial charge in [0.1, 0.15) is 0 Å². The fourth-order valence-corrected chi connectivity index (χ4v) is 5.94. The normalized spacial score (nSPS) is 29.2. The summed E-state index contributed by atoms with van der Waals surface area (Å²) in [5.41, 5.74) is 0. The summed E-state index contributed by atoms with van der Waals surface area (Å²) in [5, 5.41) is 153. The molecule has 0 spiro atoms. The van der Waals surface area contributed by atoms with Crippen molar-refractivity contribution in [2.75, 3.05) is 39.3 Å². The van der Waals surface area contributed by atoms with E-state index in [-0.39, 0.29) is 129 Å². The molecule has 0 amide bonds. The average Bonchev–Trinajstić information content (AvgIpc) is 3.06. The van der Waals surface area contributed by atoms with E-state index in [4.69, 9.17) is 0 Å². The van der Waals surface area contributed by atoms with Crippen molar-refractivity contribution in [2.45, 2.75) is 111 Å². The molecule has 6 N–H and O–H groups in total. The molecule has 0 radical (unpaired) electrons. The molecule has 0 aromatic rings. The van der Waals surface area contributed by atoms with Gasteiger partial charge in [0, 0.05) is 50.1 Å². The summed E-state index contributed by atoms with van der Waals surface area (Å²) in [6.07, 6.45) is -12.1. The number of rotatable bonds is 24. The van der Waals surface area contributed by atoms with E-state index in [1.807, 2.05) is 0 Å². The van der Waals surface area contributed by atoms with Crippen LogP contribution in [-0.2, 0) is 106 Å². The van der Waals surface area contributed by atoms with Crippen molar-refractivity contribution in [1.29, 1.82) is 0 Å². The second kappa shape index (κ2) is 31.8. The van der Waals surface area contributed by atoms with E-state index in [9.17, 15) is 90.0 Å². The molecule has 0 saturated heterocycles. The van der Waals surface area contributed by atoms with Crippen LogP contribution in [-0.4, -0.2) is 148 Å². The fraction of sp³-hybridized carbons (Fsp3) is 0.800. The van der Waals surface area contributed by atoms with Crippen LogP contribution in [0.3, 0.4) is 0 Å². The summed E-state index contributed by atoms with van der Waals surface area (Å²) in [6, 6.07) is -8.20. The molecule has 57 heavy (non-hydrogen) atoms. The largest absolute Gasteiger partial charge is 4.00 e. The van der Waals surface area contributed by atoms with Gasteiger partial charge in [-0.05, 0) is 87.9 Å². The van der Waals surface area contributed by atoms with E-state index in [0.29, 0.717) is 0 Å². The maximum Gasteiger partial charge on any atom is 4.00 e. The first kappa shape index (κ1) is 60.3. The van der Waals surface area contributed by atoms with Crippen molar-refractivity contribution in [3.8, 4) is 0 Å². The molecule has 312 valence electrons. The minimum Gasteiger partial charge on any atom is -0.850 e. The van der Waals surface area contributed by atoms with Gasteiger partial charge in [-0.15, -0.1) is 0 Å². The van der Waals surface area contributed by atoms with Crippen molar-refractivity contribution in [3.05, 3.63) is 0 Å². The number of carboxylic acid groups (broad SMARTS) is 6. The minimum atomic E-state index is -1.82. The van der Waals surface area contributed by atoms with Gasteiger partial charge >= 0.3 is 77.5 Å². The van der Waals surface area contributed by atoms with E-state index in [1.54, 1.807) is 0 Å². The van der Waals surface area contributed by atoms with Crippen molar-refractivity contribution in [2.24, 2.45) is 0 Å². The number of carbonyl (C=O) groups excluding carboxylic acids is 6. The number of hydrogen-bond acceptors (Lipinski definition) is 24. The smallest absolute Gasteiger partial charge is 0.850 e. The molecule has 12 atom stereocenters. The topological polar surface area (TPSA) is 451 Å². The van der Waals surface area contributed by atoms with Crippen LogP contribution in [0, 0.1) is 0 Å². The number of carbonyl (C=O) groups is 6. The molecule has 2 saturated carbocycles. The summed E-state index contributed by atoms with van der Waals surface area (Å²) in [4.78, 5) is 63.0. The second-order valence-electron chi connectivity index (χ2n) is 12.5. The Labute approximate surface area is 383 Å². The van der Waals surface area contributed by atoms with E-state index >= 15 is 0 Å². The van der Waals surface area contributed by atoms with Crippen LogP contribution in [0.4, 0.5) is 0 Å². The van der Waals surface area contributed by atoms with Gasteiger partial charge in [-0.3, -0.25) is 0 Å². The van der Waals surface area contributed by atoms with Gasteiger partial charge in [-0.1, -0.05) is 36.6 Å². The molecule has 0 aliphatic heterocycles. The predicted molar refractivity (Wildman–Crippen MR) is 151 cm³/mol. The molecule has 0 heterocycles. The maximum absolute atomic E-state index is 12.5. The molecule has 2 aliphatic rings. The Morgan fingerprint density at radius 3 is 0.737 bits per heavy atom. The van der Waals surface area contributed by atoms with E-state index < -0.39 is 135 Å². The van der Waals surface area contributed by atoms with Gasteiger partial charge < -0.3 is 122 Å². The predicted octanol–water partition coefficient (Wildman–Crippen LogP) is -19.0. The van der Waals surface area contributed by atoms with Crippen LogP contribution in [0.1, 0.15) is 38.5 Å². The van der Waals surface area contributed by atoms with E-state index in [0.717, 1.165) is 0 Å². The van der Waals surface area contributed by atoms with Crippen LogP contribution in [0.5, 0.6) is 0 Å².